The molecule has 0 aliphatic rings. The Hall–Kier alpha value is -4.37. The van der Waals surface area contributed by atoms with Gasteiger partial charge in [-0.05, 0) is 67.1 Å². The van der Waals surface area contributed by atoms with Crippen molar-refractivity contribution in [2.24, 2.45) is 5.10 Å². The van der Waals surface area contributed by atoms with Gasteiger partial charge in [0.2, 0.25) is 0 Å². The lowest BCUT2D eigenvalue weighted by Crippen LogP contribution is -2.35. The highest BCUT2D eigenvalue weighted by molar-refractivity contribution is 6.33. The molecule has 0 atom stereocenters. The van der Waals surface area contributed by atoms with Gasteiger partial charge in [0.15, 0.2) is 11.5 Å². The smallest absolute Gasteiger partial charge is 0.343 e. The zero-order valence-corrected chi connectivity index (χ0v) is 20.4. The largest absolute Gasteiger partial charge is 0.494 e. The van der Waals surface area contributed by atoms with Gasteiger partial charge in [-0.15, -0.1) is 0 Å². The summed E-state index contributed by atoms with van der Waals surface area (Å²) in [6, 6.07) is 17.9. The van der Waals surface area contributed by atoms with E-state index in [0.717, 1.165) is 0 Å². The highest BCUT2D eigenvalue weighted by Gasteiger charge is 2.14. The zero-order chi connectivity index (χ0) is 25.9. The Morgan fingerprint density at radius 2 is 1.75 bits per heavy atom. The standard InChI is InChI=1S/C26H24ClN3O6/c1-3-35-19-11-9-18(10-12-19)26(33)36-22-13-8-17(14-23(22)34-2)15-29-30-24(31)16-28-25(32)20-6-4-5-7-21(20)27/h4-15H,3,16H2,1-2H3,(H,28,32)(H,30,31)/b29-15+. The van der Waals surface area contributed by atoms with Crippen LogP contribution in [0.1, 0.15) is 33.2 Å². The first-order valence-corrected chi connectivity index (χ1v) is 11.3. The lowest BCUT2D eigenvalue weighted by atomic mass is 10.2. The number of amides is 2. The summed E-state index contributed by atoms with van der Waals surface area (Å²) >= 11 is 5.97. The van der Waals surface area contributed by atoms with E-state index in [0.29, 0.717) is 29.2 Å². The summed E-state index contributed by atoms with van der Waals surface area (Å²) in [5.41, 5.74) is 3.52. The van der Waals surface area contributed by atoms with Crippen LogP contribution in [0, 0.1) is 0 Å². The minimum Gasteiger partial charge on any atom is -0.494 e. The van der Waals surface area contributed by atoms with Gasteiger partial charge >= 0.3 is 5.97 Å². The van der Waals surface area contributed by atoms with Crippen LogP contribution in [-0.4, -0.2) is 44.3 Å². The van der Waals surface area contributed by atoms with Crippen LogP contribution in [-0.2, 0) is 4.79 Å². The summed E-state index contributed by atoms with van der Waals surface area (Å²) in [7, 11) is 1.44. The lowest BCUT2D eigenvalue weighted by Gasteiger charge is -2.10. The maximum absolute atomic E-state index is 12.5. The molecule has 10 heteroatoms. The Kier molecular flexibility index (Phi) is 9.41. The van der Waals surface area contributed by atoms with Crippen molar-refractivity contribution in [3.05, 3.63) is 88.4 Å². The molecule has 36 heavy (non-hydrogen) atoms. The van der Waals surface area contributed by atoms with Gasteiger partial charge in [0.05, 0.1) is 42.6 Å². The minimum atomic E-state index is -0.552. The van der Waals surface area contributed by atoms with Gasteiger partial charge in [-0.25, -0.2) is 10.2 Å². The number of hydrogen-bond acceptors (Lipinski definition) is 7. The van der Waals surface area contributed by atoms with Gasteiger partial charge in [0.1, 0.15) is 5.75 Å². The predicted octanol–water partition coefficient (Wildman–Crippen LogP) is 3.85. The Labute approximate surface area is 213 Å². The van der Waals surface area contributed by atoms with Crippen molar-refractivity contribution in [2.75, 3.05) is 20.3 Å². The molecule has 0 aliphatic heterocycles. The number of nitrogens with one attached hydrogen (secondary N) is 2. The molecule has 0 saturated heterocycles. The summed E-state index contributed by atoms with van der Waals surface area (Å²) in [6.45, 7) is 2.12. The number of halogens is 1. The Morgan fingerprint density at radius 3 is 2.44 bits per heavy atom. The van der Waals surface area contributed by atoms with Crippen molar-refractivity contribution in [3.8, 4) is 17.2 Å². The second kappa shape index (κ2) is 12.9. The third kappa shape index (κ3) is 7.31. The zero-order valence-electron chi connectivity index (χ0n) is 19.6. The molecule has 2 amide bonds. The minimum absolute atomic E-state index is 0.222. The summed E-state index contributed by atoms with van der Waals surface area (Å²) in [4.78, 5) is 36.6. The Balaban J connectivity index is 1.54. The van der Waals surface area contributed by atoms with Crippen LogP contribution in [0.15, 0.2) is 71.8 Å². The molecule has 3 rings (SSSR count). The van der Waals surface area contributed by atoms with Gasteiger partial charge < -0.3 is 19.5 Å². The van der Waals surface area contributed by atoms with E-state index in [-0.39, 0.29) is 22.9 Å². The number of benzene rings is 3. The molecule has 9 nitrogen and oxygen atoms in total. The van der Waals surface area contributed by atoms with Crippen LogP contribution in [0.4, 0.5) is 0 Å². The van der Waals surface area contributed by atoms with Crippen LogP contribution >= 0.6 is 11.6 Å². The van der Waals surface area contributed by atoms with E-state index in [1.165, 1.54) is 13.3 Å². The van der Waals surface area contributed by atoms with E-state index in [9.17, 15) is 14.4 Å². The van der Waals surface area contributed by atoms with Crippen LogP contribution < -0.4 is 25.0 Å². The average Bonchev–Trinajstić information content (AvgIpc) is 2.89. The van der Waals surface area contributed by atoms with Crippen LogP contribution in [0.2, 0.25) is 5.02 Å². The van der Waals surface area contributed by atoms with E-state index in [1.54, 1.807) is 66.7 Å². The Morgan fingerprint density at radius 1 is 1.00 bits per heavy atom. The number of esters is 1. The topological polar surface area (TPSA) is 115 Å². The van der Waals surface area contributed by atoms with Gasteiger partial charge in [0, 0.05) is 0 Å². The molecule has 0 unspecified atom stereocenters. The number of rotatable bonds is 10. The molecule has 0 bridgehead atoms. The van der Waals surface area contributed by atoms with Crippen molar-refractivity contribution in [2.45, 2.75) is 6.92 Å². The highest BCUT2D eigenvalue weighted by atomic mass is 35.5. The molecule has 2 N–H and O–H groups in total. The molecule has 186 valence electrons. The maximum Gasteiger partial charge on any atom is 0.343 e. The number of carbonyl (C=O) groups is 3. The first kappa shape index (κ1) is 26.2. The quantitative estimate of drug-likeness (QED) is 0.186. The summed E-state index contributed by atoms with van der Waals surface area (Å²) < 4.78 is 16.1. The van der Waals surface area contributed by atoms with E-state index in [1.807, 2.05) is 6.92 Å². The Bertz CT molecular complexity index is 1260. The van der Waals surface area contributed by atoms with Gasteiger partial charge in [-0.3, -0.25) is 9.59 Å². The van der Waals surface area contributed by atoms with Crippen molar-refractivity contribution in [3.63, 3.8) is 0 Å². The highest BCUT2D eigenvalue weighted by Crippen LogP contribution is 2.28. The molecule has 0 spiro atoms. The maximum atomic E-state index is 12.5. The van der Waals surface area contributed by atoms with E-state index < -0.39 is 17.8 Å². The molecule has 0 aromatic heterocycles. The molecule has 3 aromatic carbocycles. The van der Waals surface area contributed by atoms with E-state index >= 15 is 0 Å². The monoisotopic (exact) mass is 509 g/mol. The number of carbonyl (C=O) groups excluding carboxylic acids is 3. The molecule has 0 saturated carbocycles. The van der Waals surface area contributed by atoms with E-state index in [2.05, 4.69) is 15.8 Å². The molecular formula is C26H24ClN3O6. The number of hydrazone groups is 1. The number of methoxy groups -OCH3 is 1. The molecule has 0 aliphatic carbocycles. The van der Waals surface area contributed by atoms with Crippen LogP contribution in [0.25, 0.3) is 0 Å². The van der Waals surface area contributed by atoms with Crippen molar-refractivity contribution >= 4 is 35.6 Å². The molecular weight excluding hydrogens is 486 g/mol. The fourth-order valence-corrected chi connectivity index (χ4v) is 3.20. The molecule has 3 aromatic rings. The second-order valence-corrected chi connectivity index (χ2v) is 7.62. The van der Waals surface area contributed by atoms with E-state index in [4.69, 9.17) is 25.8 Å². The van der Waals surface area contributed by atoms with Crippen molar-refractivity contribution < 1.29 is 28.6 Å². The van der Waals surface area contributed by atoms with Gasteiger partial charge in [-0.1, -0.05) is 23.7 Å². The third-order valence-electron chi connectivity index (χ3n) is 4.72. The number of ether oxygens (including phenoxy) is 3. The third-order valence-corrected chi connectivity index (χ3v) is 5.05. The van der Waals surface area contributed by atoms with Crippen molar-refractivity contribution in [1.82, 2.24) is 10.7 Å². The first-order valence-electron chi connectivity index (χ1n) is 10.9. The van der Waals surface area contributed by atoms with Crippen LogP contribution in [0.3, 0.4) is 0 Å². The second-order valence-electron chi connectivity index (χ2n) is 7.21. The fourth-order valence-electron chi connectivity index (χ4n) is 2.98. The lowest BCUT2D eigenvalue weighted by molar-refractivity contribution is -0.120. The predicted molar refractivity (Wildman–Crippen MR) is 135 cm³/mol. The fraction of sp³-hybridized carbons (Fsp3) is 0.154. The SMILES string of the molecule is CCOc1ccc(C(=O)Oc2ccc(/C=N/NC(=O)CNC(=O)c3ccccc3Cl)cc2OC)cc1. The molecule has 0 fully saturated rings. The first-order chi connectivity index (χ1) is 17.4. The average molecular weight is 510 g/mol. The van der Waals surface area contributed by atoms with Crippen molar-refractivity contribution in [1.29, 1.82) is 0 Å². The summed E-state index contributed by atoms with van der Waals surface area (Å²) in [6.07, 6.45) is 1.38. The number of hydrogen-bond donors (Lipinski definition) is 2. The molecule has 0 radical (unpaired) electrons. The van der Waals surface area contributed by atoms with Crippen LogP contribution in [0.5, 0.6) is 17.2 Å². The summed E-state index contributed by atoms with van der Waals surface area (Å²) in [5.74, 6) is -0.370. The number of nitrogens with zero attached hydrogens (tertiary/aromatic N) is 1. The van der Waals surface area contributed by atoms with Gasteiger partial charge in [0.25, 0.3) is 11.8 Å². The summed E-state index contributed by atoms with van der Waals surface area (Å²) in [5, 5.41) is 6.63. The normalized spacial score (nSPS) is 10.5. The molecule has 0 heterocycles. The van der Waals surface area contributed by atoms with Gasteiger partial charge in [-0.2, -0.15) is 5.10 Å².